The van der Waals surface area contributed by atoms with Crippen molar-refractivity contribution in [1.82, 2.24) is 9.88 Å². The number of piperidine rings is 1. The smallest absolute Gasteiger partial charge is 0.261 e. The first-order chi connectivity index (χ1) is 14.3. The molecule has 5 rings (SSSR count). The molecule has 0 saturated carbocycles. The molecule has 1 aromatic heterocycles. The Morgan fingerprint density at radius 2 is 2.10 bits per heavy atom. The van der Waals surface area contributed by atoms with Gasteiger partial charge in [-0.25, -0.2) is 4.39 Å². The van der Waals surface area contributed by atoms with Crippen LogP contribution in [0.4, 0.5) is 4.39 Å². The first kappa shape index (κ1) is 19.3. The molecular formula is C22H24FN3O4. The van der Waals surface area contributed by atoms with E-state index in [2.05, 4.69) is 4.98 Å². The molecule has 1 fully saturated rings. The quantitative estimate of drug-likeness (QED) is 0.586. The molecular weight excluding hydrogens is 389 g/mol. The third-order valence-corrected chi connectivity index (χ3v) is 7.46. The van der Waals surface area contributed by atoms with Crippen LogP contribution < -0.4 is 11.3 Å². The zero-order valence-corrected chi connectivity index (χ0v) is 16.4. The summed E-state index contributed by atoms with van der Waals surface area (Å²) < 4.78 is 13.3. The van der Waals surface area contributed by atoms with Gasteiger partial charge in [-0.15, -0.1) is 0 Å². The number of H-pyrrole nitrogens is 1. The average molecular weight is 413 g/mol. The number of halogens is 1. The molecule has 1 aliphatic heterocycles. The molecule has 3 aliphatic rings. The number of carbonyl (C=O) groups excluding carboxylic acids is 1. The van der Waals surface area contributed by atoms with Crippen LogP contribution in [0.25, 0.3) is 0 Å². The molecule has 1 amide bonds. The lowest BCUT2D eigenvalue weighted by Crippen LogP contribution is -2.74. The van der Waals surface area contributed by atoms with E-state index in [1.165, 1.54) is 6.07 Å². The van der Waals surface area contributed by atoms with E-state index in [0.717, 1.165) is 11.1 Å². The Labute approximate surface area is 172 Å². The van der Waals surface area contributed by atoms with E-state index in [1.54, 1.807) is 12.1 Å². The lowest BCUT2D eigenvalue weighted by atomic mass is 9.49. The zero-order valence-electron chi connectivity index (χ0n) is 16.4. The molecule has 30 heavy (non-hydrogen) atoms. The maximum Gasteiger partial charge on any atom is 0.261 e. The molecule has 7 nitrogen and oxygen atoms in total. The van der Waals surface area contributed by atoms with Gasteiger partial charge in [-0.2, -0.15) is 0 Å². The highest BCUT2D eigenvalue weighted by Crippen LogP contribution is 2.56. The molecule has 5 N–H and O–H groups in total. The number of benzene rings is 1. The number of phenolic OH excluding ortho intramolecular Hbond substituents is 1. The van der Waals surface area contributed by atoms with Gasteiger partial charge in [0.05, 0.1) is 5.60 Å². The molecule has 0 radical (unpaired) electrons. The lowest BCUT2D eigenvalue weighted by molar-refractivity contribution is -0.151. The molecule has 1 aromatic carbocycles. The maximum absolute atomic E-state index is 13.3. The van der Waals surface area contributed by atoms with Crippen molar-refractivity contribution in [3.8, 4) is 5.75 Å². The van der Waals surface area contributed by atoms with Crippen molar-refractivity contribution in [2.24, 2.45) is 5.73 Å². The standard InChI is InChI=1S/C22H24FN3O4/c23-4-6-26-5-3-21-11-17-13(7-15(19(24)28)20(29)25-17)10-22(21,30)18(26)8-12-1-2-14(27)9-16(12)21/h1-2,7,9,18,27,30H,3-6,8,10-11H2,(H2,24,28)(H,25,29). The summed E-state index contributed by atoms with van der Waals surface area (Å²) in [4.78, 5) is 28.8. The monoisotopic (exact) mass is 413 g/mol. The van der Waals surface area contributed by atoms with Crippen molar-refractivity contribution >= 4 is 5.91 Å². The number of rotatable bonds is 3. The molecule has 158 valence electrons. The Balaban J connectivity index is 1.74. The van der Waals surface area contributed by atoms with Crippen LogP contribution in [0, 0.1) is 0 Å². The van der Waals surface area contributed by atoms with Crippen molar-refractivity contribution in [2.45, 2.75) is 42.7 Å². The van der Waals surface area contributed by atoms with Crippen LogP contribution in [0.3, 0.4) is 0 Å². The number of aromatic hydroxyl groups is 1. The van der Waals surface area contributed by atoms with Crippen molar-refractivity contribution in [3.63, 3.8) is 0 Å². The van der Waals surface area contributed by atoms with Gasteiger partial charge >= 0.3 is 0 Å². The summed E-state index contributed by atoms with van der Waals surface area (Å²) in [6.07, 6.45) is 1.68. The largest absolute Gasteiger partial charge is 0.508 e. The average Bonchev–Trinajstić information content (AvgIpc) is 2.68. The topological polar surface area (TPSA) is 120 Å². The van der Waals surface area contributed by atoms with Gasteiger partial charge in [0.2, 0.25) is 0 Å². The van der Waals surface area contributed by atoms with E-state index in [0.29, 0.717) is 37.1 Å². The van der Waals surface area contributed by atoms with Gasteiger partial charge in [0.25, 0.3) is 11.5 Å². The summed E-state index contributed by atoms with van der Waals surface area (Å²) in [5.41, 5.74) is 5.97. The number of fused-ring (bicyclic) bond motifs is 2. The summed E-state index contributed by atoms with van der Waals surface area (Å²) in [6.45, 7) is 0.351. The first-order valence-electron chi connectivity index (χ1n) is 10.2. The summed E-state index contributed by atoms with van der Waals surface area (Å²) >= 11 is 0. The number of hydrogen-bond acceptors (Lipinski definition) is 5. The molecule has 2 aliphatic carbocycles. The Morgan fingerprint density at radius 3 is 2.83 bits per heavy atom. The number of amides is 1. The van der Waals surface area contributed by atoms with Gasteiger partial charge in [-0.3, -0.25) is 14.5 Å². The van der Waals surface area contributed by atoms with E-state index in [4.69, 9.17) is 5.73 Å². The fraction of sp³-hybridized carbons (Fsp3) is 0.455. The Kier molecular flexibility index (Phi) is 4.10. The van der Waals surface area contributed by atoms with Crippen LogP contribution in [0.5, 0.6) is 5.75 Å². The molecule has 3 atom stereocenters. The van der Waals surface area contributed by atoms with Crippen LogP contribution in [-0.2, 0) is 24.7 Å². The van der Waals surface area contributed by atoms with E-state index < -0.39 is 29.2 Å². The van der Waals surface area contributed by atoms with Crippen LogP contribution in [0.1, 0.15) is 39.2 Å². The molecule has 3 unspecified atom stereocenters. The summed E-state index contributed by atoms with van der Waals surface area (Å²) in [7, 11) is 0. The highest BCUT2D eigenvalue weighted by Gasteiger charge is 2.64. The number of primary amides is 1. The highest BCUT2D eigenvalue weighted by atomic mass is 19.1. The van der Waals surface area contributed by atoms with Crippen molar-refractivity contribution in [3.05, 3.63) is 62.6 Å². The minimum Gasteiger partial charge on any atom is -0.508 e. The molecule has 8 heteroatoms. The van der Waals surface area contributed by atoms with Crippen molar-refractivity contribution in [1.29, 1.82) is 0 Å². The van der Waals surface area contributed by atoms with Crippen LogP contribution in [-0.4, -0.2) is 57.4 Å². The highest BCUT2D eigenvalue weighted by molar-refractivity contribution is 5.92. The van der Waals surface area contributed by atoms with Gasteiger partial charge in [-0.05, 0) is 54.3 Å². The number of nitrogens with two attached hydrogens (primary N) is 1. The number of hydrogen-bond donors (Lipinski definition) is 4. The number of nitrogens with one attached hydrogen (secondary N) is 1. The third kappa shape index (κ3) is 2.43. The van der Waals surface area contributed by atoms with E-state index in [-0.39, 0.29) is 30.3 Å². The number of aromatic amines is 1. The fourth-order valence-electron chi connectivity index (χ4n) is 6.09. The molecule has 2 heterocycles. The lowest BCUT2D eigenvalue weighted by Gasteiger charge is -2.63. The van der Waals surface area contributed by atoms with Crippen molar-refractivity contribution < 1.29 is 19.4 Å². The predicted molar refractivity (Wildman–Crippen MR) is 107 cm³/mol. The Bertz CT molecular complexity index is 1120. The SMILES string of the molecule is NC(=O)c1cc2c([nH]c1=O)CC13CCN(CCF)C(Cc4ccc(O)cc41)C3(O)C2. The van der Waals surface area contributed by atoms with Crippen LogP contribution in [0.2, 0.25) is 0 Å². The van der Waals surface area contributed by atoms with Crippen LogP contribution in [0.15, 0.2) is 29.1 Å². The number of carbonyl (C=O) groups is 1. The minimum atomic E-state index is -1.23. The number of aliphatic hydroxyl groups is 1. The predicted octanol–water partition coefficient (Wildman–Crippen LogP) is 0.547. The summed E-state index contributed by atoms with van der Waals surface area (Å²) in [6, 6.07) is 6.38. The number of nitrogens with zero attached hydrogens (tertiary/aromatic N) is 1. The second-order valence-electron chi connectivity index (χ2n) is 8.78. The Morgan fingerprint density at radius 1 is 1.30 bits per heavy atom. The molecule has 0 spiro atoms. The van der Waals surface area contributed by atoms with Gasteiger partial charge in [0.1, 0.15) is 18.0 Å². The van der Waals surface area contributed by atoms with E-state index in [9.17, 15) is 24.2 Å². The van der Waals surface area contributed by atoms with E-state index in [1.807, 2.05) is 11.0 Å². The third-order valence-electron chi connectivity index (χ3n) is 7.46. The maximum atomic E-state index is 13.3. The number of phenols is 1. The molecule has 1 saturated heterocycles. The van der Waals surface area contributed by atoms with Gasteiger partial charge in [0.15, 0.2) is 0 Å². The Hall–Kier alpha value is -2.71. The minimum absolute atomic E-state index is 0.124. The van der Waals surface area contributed by atoms with Gasteiger partial charge in [0, 0.05) is 36.5 Å². The molecule has 2 bridgehead atoms. The van der Waals surface area contributed by atoms with Gasteiger partial charge < -0.3 is 20.9 Å². The summed E-state index contributed by atoms with van der Waals surface area (Å²) in [5.74, 6) is -0.692. The fourth-order valence-corrected chi connectivity index (χ4v) is 6.09. The van der Waals surface area contributed by atoms with E-state index >= 15 is 0 Å². The second-order valence-corrected chi connectivity index (χ2v) is 8.78. The summed E-state index contributed by atoms with van der Waals surface area (Å²) in [5, 5.41) is 22.4. The zero-order chi connectivity index (χ0) is 21.3. The van der Waals surface area contributed by atoms with Crippen LogP contribution >= 0.6 is 0 Å². The molecule has 2 aromatic rings. The van der Waals surface area contributed by atoms with Gasteiger partial charge in [-0.1, -0.05) is 6.07 Å². The second kappa shape index (κ2) is 6.39. The number of likely N-dealkylation sites (tertiary alicyclic amines) is 1. The number of aromatic nitrogens is 1. The normalized spacial score (nSPS) is 29.6. The van der Waals surface area contributed by atoms with Crippen molar-refractivity contribution in [2.75, 3.05) is 19.8 Å². The number of pyridine rings is 1. The number of alkyl halides is 1. The first-order valence-corrected chi connectivity index (χ1v) is 10.2.